The Morgan fingerprint density at radius 1 is 0.952 bits per heavy atom. The predicted molar refractivity (Wildman–Crippen MR) is 234 cm³/mol. The van der Waals surface area contributed by atoms with Crippen molar-refractivity contribution in [2.24, 2.45) is 17.8 Å². The molecular weight excluding hydrogens is 817 g/mol. The number of rotatable bonds is 12. The number of nitrogens with zero attached hydrogens (tertiary/aromatic N) is 2. The molecule has 63 heavy (non-hydrogen) atoms. The van der Waals surface area contributed by atoms with Crippen molar-refractivity contribution < 1.29 is 67.9 Å². The highest BCUT2D eigenvalue weighted by Gasteiger charge is 2.53. The number of carbonyl (C=O) groups excluding carboxylic acids is 2. The SMILES string of the molecule is CCC1OC(=O)C(C)C(O[C@H]2C[C@@](C)(OC)[C@@H](O)[C@H](C)O2)C(C)C(O[C@@H]2O[C@H](C)C[C@H](N(C)C)[C@H]2O)C(C)(O)CC(C)CN(C)C(C)C(OC(=O)COCc2ccccc2)C1(C)O. The Hall–Kier alpha value is -2.32. The minimum Gasteiger partial charge on any atom is -0.459 e. The van der Waals surface area contributed by atoms with E-state index in [1.54, 1.807) is 34.6 Å². The van der Waals surface area contributed by atoms with Crippen LogP contribution in [0.3, 0.4) is 0 Å². The third kappa shape index (κ3) is 13.2. The number of ether oxygens (including phenoxy) is 8. The van der Waals surface area contributed by atoms with Crippen LogP contribution in [0.4, 0.5) is 0 Å². The second-order valence-electron chi connectivity index (χ2n) is 19.6. The van der Waals surface area contributed by atoms with Gasteiger partial charge < -0.3 is 63.2 Å². The van der Waals surface area contributed by atoms with Crippen molar-refractivity contribution in [3.8, 4) is 0 Å². The molecule has 0 spiro atoms. The molecule has 4 rings (SSSR count). The van der Waals surface area contributed by atoms with Crippen molar-refractivity contribution in [2.75, 3.05) is 41.4 Å². The number of likely N-dealkylation sites (N-methyl/N-ethyl adjacent to an activating group) is 2. The molecule has 0 aliphatic carbocycles. The highest BCUT2D eigenvalue weighted by atomic mass is 16.7. The molecule has 3 heterocycles. The Morgan fingerprint density at radius 2 is 1.60 bits per heavy atom. The molecule has 0 bridgehead atoms. The quantitative estimate of drug-likeness (QED) is 0.222. The summed E-state index contributed by atoms with van der Waals surface area (Å²) in [5.41, 5.74) is -3.70. The lowest BCUT2D eigenvalue weighted by molar-refractivity contribution is -0.318. The summed E-state index contributed by atoms with van der Waals surface area (Å²) in [7, 11) is 7.11. The van der Waals surface area contributed by atoms with Crippen molar-refractivity contribution >= 4 is 11.9 Å². The van der Waals surface area contributed by atoms with Crippen LogP contribution in [0.2, 0.25) is 0 Å². The fourth-order valence-electron chi connectivity index (χ4n) is 9.94. The topological polar surface area (TPSA) is 195 Å². The van der Waals surface area contributed by atoms with Crippen LogP contribution in [0.5, 0.6) is 0 Å². The predicted octanol–water partition coefficient (Wildman–Crippen LogP) is 3.67. The number of aliphatic hydroxyl groups is 4. The van der Waals surface area contributed by atoms with Gasteiger partial charge in [-0.1, -0.05) is 51.1 Å². The van der Waals surface area contributed by atoms with Crippen molar-refractivity contribution in [1.29, 1.82) is 0 Å². The number of methoxy groups -OCH3 is 1. The average Bonchev–Trinajstić information content (AvgIpc) is 3.21. The maximum absolute atomic E-state index is 14.6. The van der Waals surface area contributed by atoms with Crippen LogP contribution in [0.15, 0.2) is 30.3 Å². The lowest BCUT2D eigenvalue weighted by atomic mass is 9.77. The number of carbonyl (C=O) groups is 2. The van der Waals surface area contributed by atoms with Gasteiger partial charge in [0.2, 0.25) is 0 Å². The van der Waals surface area contributed by atoms with Gasteiger partial charge in [0.1, 0.15) is 36.6 Å². The maximum atomic E-state index is 14.6. The van der Waals surface area contributed by atoms with Crippen molar-refractivity contribution in [3.63, 3.8) is 0 Å². The van der Waals surface area contributed by atoms with Gasteiger partial charge in [-0.3, -0.25) is 9.69 Å². The summed E-state index contributed by atoms with van der Waals surface area (Å²) in [4.78, 5) is 32.0. The Balaban J connectivity index is 1.78. The highest BCUT2D eigenvalue weighted by Crippen LogP contribution is 2.40. The zero-order valence-electron chi connectivity index (χ0n) is 40.3. The van der Waals surface area contributed by atoms with Gasteiger partial charge in [0.25, 0.3) is 0 Å². The number of hydrogen-bond acceptors (Lipinski definition) is 16. The lowest BCUT2D eigenvalue weighted by Crippen LogP contribution is -2.61. The van der Waals surface area contributed by atoms with Gasteiger partial charge in [0, 0.05) is 38.1 Å². The van der Waals surface area contributed by atoms with Crippen LogP contribution in [0, 0.1) is 17.8 Å². The molecule has 0 aromatic heterocycles. The van der Waals surface area contributed by atoms with Gasteiger partial charge in [0.05, 0.1) is 48.1 Å². The van der Waals surface area contributed by atoms with Crippen LogP contribution >= 0.6 is 0 Å². The molecule has 16 nitrogen and oxygen atoms in total. The summed E-state index contributed by atoms with van der Waals surface area (Å²) in [5, 5.41) is 48.0. The molecule has 0 amide bonds. The summed E-state index contributed by atoms with van der Waals surface area (Å²) >= 11 is 0. The third-order valence-corrected chi connectivity index (χ3v) is 13.8. The van der Waals surface area contributed by atoms with Crippen LogP contribution in [0.25, 0.3) is 0 Å². The van der Waals surface area contributed by atoms with E-state index in [0.29, 0.717) is 13.0 Å². The van der Waals surface area contributed by atoms with Gasteiger partial charge in [0.15, 0.2) is 12.6 Å². The monoisotopic (exact) mass is 897 g/mol. The van der Waals surface area contributed by atoms with Gasteiger partial charge in [-0.2, -0.15) is 0 Å². The zero-order chi connectivity index (χ0) is 47.2. The average molecular weight is 897 g/mol. The van der Waals surface area contributed by atoms with E-state index in [1.807, 2.05) is 89.0 Å². The molecule has 3 aliphatic heterocycles. The molecular formula is C47H80N2O14. The second-order valence-corrected chi connectivity index (χ2v) is 19.6. The van der Waals surface area contributed by atoms with Crippen molar-refractivity contribution in [1.82, 2.24) is 9.80 Å². The summed E-state index contributed by atoms with van der Waals surface area (Å²) in [6.45, 7) is 17.8. The number of benzene rings is 1. The first-order chi connectivity index (χ1) is 29.4. The lowest BCUT2D eigenvalue weighted by Gasteiger charge is -2.48. The van der Waals surface area contributed by atoms with E-state index in [0.717, 1.165) is 5.56 Å². The summed E-state index contributed by atoms with van der Waals surface area (Å²) < 4.78 is 49.9. The molecule has 362 valence electrons. The van der Waals surface area contributed by atoms with E-state index in [-0.39, 0.29) is 50.5 Å². The fraction of sp³-hybridized carbons (Fsp3) is 0.830. The molecule has 4 N–H and O–H groups in total. The first-order valence-corrected chi connectivity index (χ1v) is 22.7. The van der Waals surface area contributed by atoms with E-state index in [2.05, 4.69) is 0 Å². The third-order valence-electron chi connectivity index (χ3n) is 13.8. The molecule has 10 unspecified atom stereocenters. The Morgan fingerprint density at radius 3 is 2.21 bits per heavy atom. The molecule has 3 fully saturated rings. The highest BCUT2D eigenvalue weighted by molar-refractivity contribution is 5.73. The minimum absolute atomic E-state index is 0.101. The molecule has 3 aliphatic rings. The van der Waals surface area contributed by atoms with E-state index in [1.165, 1.54) is 14.0 Å². The van der Waals surface area contributed by atoms with Gasteiger partial charge >= 0.3 is 11.9 Å². The van der Waals surface area contributed by atoms with Gasteiger partial charge in [-0.25, -0.2) is 4.79 Å². The Bertz CT molecular complexity index is 1580. The molecule has 1 aromatic rings. The number of cyclic esters (lactones) is 1. The molecule has 16 heteroatoms. The smallest absolute Gasteiger partial charge is 0.332 e. The van der Waals surface area contributed by atoms with Gasteiger partial charge in [-0.15, -0.1) is 0 Å². The first-order valence-electron chi connectivity index (χ1n) is 22.7. The van der Waals surface area contributed by atoms with Crippen LogP contribution in [0.1, 0.15) is 100 Å². The molecule has 18 atom stereocenters. The molecule has 3 saturated heterocycles. The van der Waals surface area contributed by atoms with Crippen LogP contribution in [-0.4, -0.2) is 174 Å². The van der Waals surface area contributed by atoms with Crippen LogP contribution in [-0.2, 0) is 54.1 Å². The van der Waals surface area contributed by atoms with Crippen LogP contribution < -0.4 is 0 Å². The molecule has 0 saturated carbocycles. The van der Waals surface area contributed by atoms with E-state index < -0.39 is 102 Å². The zero-order valence-corrected chi connectivity index (χ0v) is 40.3. The first kappa shape index (κ1) is 53.3. The minimum atomic E-state index is -1.90. The van der Waals surface area contributed by atoms with E-state index in [4.69, 9.17) is 37.9 Å². The number of aliphatic hydroxyl groups excluding tert-OH is 2. The normalized spacial score (nSPS) is 42.8. The Kier molecular flexibility index (Phi) is 19.0. The summed E-state index contributed by atoms with van der Waals surface area (Å²) in [6, 6.07) is 8.49. The summed E-state index contributed by atoms with van der Waals surface area (Å²) in [5.74, 6) is -3.53. The van der Waals surface area contributed by atoms with Crippen molar-refractivity contribution in [3.05, 3.63) is 35.9 Å². The van der Waals surface area contributed by atoms with Gasteiger partial charge in [-0.05, 0) is 100 Å². The maximum Gasteiger partial charge on any atom is 0.332 e. The van der Waals surface area contributed by atoms with E-state index in [9.17, 15) is 30.0 Å². The summed E-state index contributed by atoms with van der Waals surface area (Å²) in [6.07, 6.45) is -8.71. The molecule has 1 aromatic carbocycles. The fourth-order valence-corrected chi connectivity index (χ4v) is 9.94. The van der Waals surface area contributed by atoms with Crippen molar-refractivity contribution in [2.45, 2.75) is 192 Å². The number of esters is 2. The largest absolute Gasteiger partial charge is 0.459 e. The van der Waals surface area contributed by atoms with E-state index >= 15 is 0 Å². The second kappa shape index (κ2) is 22.4. The number of hydrogen-bond donors (Lipinski definition) is 4. The Labute approximate surface area is 375 Å². The standard InChI is InChI=1S/C47H80N2O14/c1-15-35-47(10,55)42(61-36(50)26-57-25-33-19-17-16-18-20-33)31(6)49(13)24-27(2)22-45(8,54)41(63-44-38(51)34(48(11)12)21-28(3)58-44)29(4)39(30(5)43(53)60-35)62-37-23-46(9,56-14)40(52)32(7)59-37/h16-20,27-32,34-35,37-42,44,51-52,54-55H,15,21-26H2,1-14H3/t27?,28-,29?,30?,31?,32+,34+,35?,37+,38-,39?,40+,41?,42?,44+,45?,46-,47?/m1/s1. The molecule has 0 radical (unpaired) electrons.